The highest BCUT2D eigenvalue weighted by Gasteiger charge is 2.55. The van der Waals surface area contributed by atoms with Crippen LogP contribution in [0, 0.1) is 6.92 Å². The van der Waals surface area contributed by atoms with Gasteiger partial charge in [-0.15, -0.1) is 0 Å². The summed E-state index contributed by atoms with van der Waals surface area (Å²) in [5.41, 5.74) is 1.46. The number of sulfonamides is 1. The molecule has 2 aliphatic rings. The standard InChI is InChI=1S/C24H31NO8S/c1-15-10-12-17(13-11-15)34(27,28)25-14-18-20(21(29-2)22(30-3)24(31-4)32-18)33-23(25)19(26)16-8-6-5-7-9-16/h5-13,18-24,26H,14H2,1-4H3/t18-,19-,20-,21-,22-,23?,24+/m1/s1. The first-order valence-corrected chi connectivity index (χ1v) is 12.5. The zero-order valence-corrected chi connectivity index (χ0v) is 20.4. The number of methoxy groups -OCH3 is 3. The van der Waals surface area contributed by atoms with Gasteiger partial charge < -0.3 is 28.8 Å². The van der Waals surface area contributed by atoms with Crippen LogP contribution in [0.1, 0.15) is 17.2 Å². The maximum atomic E-state index is 13.7. The number of rotatable bonds is 7. The molecule has 2 aromatic carbocycles. The number of aliphatic hydroxyl groups is 1. The molecule has 0 bridgehead atoms. The normalized spacial score (nSPS) is 31.1. The largest absolute Gasteiger partial charge is 0.384 e. The van der Waals surface area contributed by atoms with Crippen LogP contribution in [0.5, 0.6) is 0 Å². The molecule has 4 rings (SSSR count). The maximum absolute atomic E-state index is 13.7. The second kappa shape index (κ2) is 10.4. The van der Waals surface area contributed by atoms with Crippen molar-refractivity contribution in [2.45, 2.75) is 54.9 Å². The molecule has 0 aromatic heterocycles. The van der Waals surface area contributed by atoms with Gasteiger partial charge in [0.25, 0.3) is 0 Å². The Hall–Kier alpha value is -1.89. The molecule has 2 aromatic rings. The van der Waals surface area contributed by atoms with E-state index in [-0.39, 0.29) is 11.4 Å². The second-order valence-corrected chi connectivity index (χ2v) is 10.3. The van der Waals surface area contributed by atoms with Gasteiger partial charge in [0.2, 0.25) is 10.0 Å². The second-order valence-electron chi connectivity index (χ2n) is 8.41. The molecular weight excluding hydrogens is 462 g/mol. The van der Waals surface area contributed by atoms with E-state index in [4.69, 9.17) is 23.7 Å². The highest BCUT2D eigenvalue weighted by molar-refractivity contribution is 7.89. The lowest BCUT2D eigenvalue weighted by Gasteiger charge is -2.51. The van der Waals surface area contributed by atoms with Crippen molar-refractivity contribution >= 4 is 10.0 Å². The fraction of sp³-hybridized carbons (Fsp3) is 0.500. The average molecular weight is 494 g/mol. The first kappa shape index (κ1) is 25.2. The summed E-state index contributed by atoms with van der Waals surface area (Å²) in [5, 5.41) is 11.3. The minimum Gasteiger partial charge on any atom is -0.384 e. The molecule has 186 valence electrons. The van der Waals surface area contributed by atoms with E-state index < -0.39 is 53.1 Å². The number of hydrogen-bond acceptors (Lipinski definition) is 8. The van der Waals surface area contributed by atoms with E-state index in [0.29, 0.717) is 5.56 Å². The zero-order chi connectivity index (χ0) is 24.5. The number of fused-ring (bicyclic) bond motifs is 1. The Morgan fingerprint density at radius 3 is 2.18 bits per heavy atom. The van der Waals surface area contributed by atoms with Crippen LogP contribution in [0.4, 0.5) is 0 Å². The SMILES string of the molecule is CO[C@H]1O[C@@H]2CN(S(=O)(=O)c3ccc(C)cc3)C([C@H](O)c3ccccc3)O[C@H]2[C@@H](OC)[C@H]1OC. The highest BCUT2D eigenvalue weighted by Crippen LogP contribution is 2.38. The van der Waals surface area contributed by atoms with Crippen molar-refractivity contribution in [1.82, 2.24) is 4.31 Å². The van der Waals surface area contributed by atoms with Gasteiger partial charge in [0.15, 0.2) is 12.5 Å². The quantitative estimate of drug-likeness (QED) is 0.623. The highest BCUT2D eigenvalue weighted by atomic mass is 32.2. The van der Waals surface area contributed by atoms with Gasteiger partial charge >= 0.3 is 0 Å². The number of ether oxygens (including phenoxy) is 5. The van der Waals surface area contributed by atoms with Crippen molar-refractivity contribution in [3.8, 4) is 0 Å². The smallest absolute Gasteiger partial charge is 0.245 e. The summed E-state index contributed by atoms with van der Waals surface area (Å²) in [4.78, 5) is 0.0996. The lowest BCUT2D eigenvalue weighted by molar-refractivity contribution is -0.337. The van der Waals surface area contributed by atoms with E-state index in [1.807, 2.05) is 13.0 Å². The minimum absolute atomic E-state index is 0.0639. The summed E-state index contributed by atoms with van der Waals surface area (Å²) in [6.07, 6.45) is -5.86. The van der Waals surface area contributed by atoms with Gasteiger partial charge in [-0.25, -0.2) is 8.42 Å². The van der Waals surface area contributed by atoms with Crippen LogP contribution in [0.2, 0.25) is 0 Å². The Bertz CT molecular complexity index is 1050. The number of hydrogen-bond donors (Lipinski definition) is 1. The Morgan fingerprint density at radius 1 is 0.941 bits per heavy atom. The van der Waals surface area contributed by atoms with Crippen LogP contribution in [0.25, 0.3) is 0 Å². The van der Waals surface area contributed by atoms with E-state index >= 15 is 0 Å². The molecule has 0 spiro atoms. The third-order valence-corrected chi connectivity index (χ3v) is 8.19. The van der Waals surface area contributed by atoms with E-state index in [0.717, 1.165) is 9.87 Å². The first-order chi connectivity index (χ1) is 16.3. The predicted molar refractivity (Wildman–Crippen MR) is 122 cm³/mol. The monoisotopic (exact) mass is 493 g/mol. The predicted octanol–water partition coefficient (Wildman–Crippen LogP) is 1.85. The van der Waals surface area contributed by atoms with Crippen molar-refractivity contribution in [3.63, 3.8) is 0 Å². The summed E-state index contributed by atoms with van der Waals surface area (Å²) >= 11 is 0. The summed E-state index contributed by atoms with van der Waals surface area (Å²) < 4.78 is 57.6. The molecule has 2 fully saturated rings. The fourth-order valence-electron chi connectivity index (χ4n) is 4.53. The van der Waals surface area contributed by atoms with Crippen LogP contribution in [0.3, 0.4) is 0 Å². The number of aliphatic hydroxyl groups excluding tert-OH is 1. The lowest BCUT2D eigenvalue weighted by Crippen LogP contribution is -2.68. The molecule has 2 aliphatic heterocycles. The third kappa shape index (κ3) is 4.65. The molecule has 0 aliphatic carbocycles. The molecular formula is C24H31NO8S. The van der Waals surface area contributed by atoms with Crippen molar-refractivity contribution < 1.29 is 37.2 Å². The molecule has 2 heterocycles. The van der Waals surface area contributed by atoms with Crippen molar-refractivity contribution in [3.05, 3.63) is 65.7 Å². The van der Waals surface area contributed by atoms with E-state index in [9.17, 15) is 13.5 Å². The Kier molecular flexibility index (Phi) is 7.70. The van der Waals surface area contributed by atoms with Gasteiger partial charge in [-0.3, -0.25) is 0 Å². The van der Waals surface area contributed by atoms with Gasteiger partial charge in [-0.2, -0.15) is 4.31 Å². The van der Waals surface area contributed by atoms with Crippen LogP contribution in [0.15, 0.2) is 59.5 Å². The van der Waals surface area contributed by atoms with Gasteiger partial charge in [0.05, 0.1) is 4.90 Å². The van der Waals surface area contributed by atoms with Gasteiger partial charge in [0, 0.05) is 27.9 Å². The molecule has 0 radical (unpaired) electrons. The molecule has 1 N–H and O–H groups in total. The molecule has 7 atom stereocenters. The van der Waals surface area contributed by atoms with E-state index in [1.54, 1.807) is 48.5 Å². The molecule has 10 heteroatoms. The number of nitrogens with zero attached hydrogens (tertiary/aromatic N) is 1. The van der Waals surface area contributed by atoms with Gasteiger partial charge in [0.1, 0.15) is 30.5 Å². The fourth-order valence-corrected chi connectivity index (χ4v) is 6.07. The van der Waals surface area contributed by atoms with Crippen molar-refractivity contribution in [2.24, 2.45) is 0 Å². The number of benzene rings is 2. The first-order valence-electron chi connectivity index (χ1n) is 11.0. The van der Waals surface area contributed by atoms with Crippen LogP contribution >= 0.6 is 0 Å². The Balaban J connectivity index is 1.75. The van der Waals surface area contributed by atoms with Crippen LogP contribution in [-0.2, 0) is 33.7 Å². The topological polar surface area (TPSA) is 104 Å². The summed E-state index contributed by atoms with van der Waals surface area (Å²) in [5.74, 6) is 0. The summed E-state index contributed by atoms with van der Waals surface area (Å²) in [7, 11) is 0.473. The summed E-state index contributed by atoms with van der Waals surface area (Å²) in [6, 6.07) is 15.4. The molecule has 34 heavy (non-hydrogen) atoms. The summed E-state index contributed by atoms with van der Waals surface area (Å²) in [6.45, 7) is 1.82. The molecule has 9 nitrogen and oxygen atoms in total. The average Bonchev–Trinajstić information content (AvgIpc) is 2.86. The Labute approximate surface area is 200 Å². The third-order valence-electron chi connectivity index (χ3n) is 6.35. The maximum Gasteiger partial charge on any atom is 0.245 e. The molecule has 0 amide bonds. The van der Waals surface area contributed by atoms with Crippen molar-refractivity contribution in [2.75, 3.05) is 27.9 Å². The molecule has 2 saturated heterocycles. The van der Waals surface area contributed by atoms with Gasteiger partial charge in [-0.05, 0) is 24.6 Å². The van der Waals surface area contributed by atoms with E-state index in [1.165, 1.54) is 21.3 Å². The number of aryl methyl sites for hydroxylation is 1. The minimum atomic E-state index is -4.04. The van der Waals surface area contributed by atoms with Crippen LogP contribution in [-0.4, -0.2) is 82.6 Å². The molecule has 0 saturated carbocycles. The van der Waals surface area contributed by atoms with Crippen molar-refractivity contribution in [1.29, 1.82) is 0 Å². The zero-order valence-electron chi connectivity index (χ0n) is 19.6. The van der Waals surface area contributed by atoms with E-state index in [2.05, 4.69) is 0 Å². The molecule has 1 unspecified atom stereocenters. The Morgan fingerprint density at radius 2 is 1.59 bits per heavy atom. The van der Waals surface area contributed by atoms with Gasteiger partial charge in [-0.1, -0.05) is 48.0 Å². The lowest BCUT2D eigenvalue weighted by atomic mass is 9.95. The van der Waals surface area contributed by atoms with Crippen LogP contribution < -0.4 is 0 Å².